The molecule has 1 aliphatic rings. The molecule has 1 saturated heterocycles. The number of aryl methyl sites for hydroxylation is 1. The van der Waals surface area contributed by atoms with Crippen molar-refractivity contribution in [2.75, 3.05) is 13.1 Å². The van der Waals surface area contributed by atoms with E-state index in [0.717, 1.165) is 25.2 Å². The average Bonchev–Trinajstić information content (AvgIpc) is 2.95. The molecule has 0 spiro atoms. The van der Waals surface area contributed by atoms with Crippen LogP contribution in [0.5, 0.6) is 0 Å². The minimum Gasteiger partial charge on any atom is -0.348 e. The van der Waals surface area contributed by atoms with Gasteiger partial charge in [-0.25, -0.2) is 0 Å². The van der Waals surface area contributed by atoms with Crippen molar-refractivity contribution in [2.45, 2.75) is 45.7 Å². The normalized spacial score (nSPS) is 15.0. The zero-order valence-corrected chi connectivity index (χ0v) is 16.3. The SMILES string of the molecule is Cc1cc([N+](=O)[O-])ccc1C(=O)NCc1cccc(CN2CCCCCC2)c1. The van der Waals surface area contributed by atoms with Gasteiger partial charge in [0.1, 0.15) is 0 Å². The van der Waals surface area contributed by atoms with E-state index < -0.39 is 4.92 Å². The number of hydrogen-bond donors (Lipinski definition) is 1. The summed E-state index contributed by atoms with van der Waals surface area (Å²) in [7, 11) is 0. The average molecular weight is 381 g/mol. The zero-order chi connectivity index (χ0) is 19.9. The predicted octanol–water partition coefficient (Wildman–Crippen LogP) is 4.21. The number of amides is 1. The Balaban J connectivity index is 1.59. The minimum absolute atomic E-state index is 0.00439. The van der Waals surface area contributed by atoms with Crippen molar-refractivity contribution in [1.29, 1.82) is 0 Å². The van der Waals surface area contributed by atoms with E-state index in [0.29, 0.717) is 17.7 Å². The van der Waals surface area contributed by atoms with E-state index in [9.17, 15) is 14.9 Å². The minimum atomic E-state index is -0.454. The molecule has 2 aromatic rings. The highest BCUT2D eigenvalue weighted by molar-refractivity contribution is 5.95. The van der Waals surface area contributed by atoms with Gasteiger partial charge in [-0.3, -0.25) is 19.8 Å². The summed E-state index contributed by atoms with van der Waals surface area (Å²) >= 11 is 0. The fourth-order valence-electron chi connectivity index (χ4n) is 3.68. The zero-order valence-electron chi connectivity index (χ0n) is 16.3. The molecule has 0 saturated carbocycles. The number of carbonyl (C=O) groups is 1. The number of carbonyl (C=O) groups excluding carboxylic acids is 1. The maximum absolute atomic E-state index is 12.5. The molecule has 0 aromatic heterocycles. The van der Waals surface area contributed by atoms with E-state index in [1.807, 2.05) is 12.1 Å². The monoisotopic (exact) mass is 381 g/mol. The van der Waals surface area contributed by atoms with Crippen molar-refractivity contribution >= 4 is 11.6 Å². The van der Waals surface area contributed by atoms with Gasteiger partial charge in [-0.1, -0.05) is 37.1 Å². The lowest BCUT2D eigenvalue weighted by Crippen LogP contribution is -2.25. The van der Waals surface area contributed by atoms with Gasteiger partial charge < -0.3 is 5.32 Å². The fraction of sp³-hybridized carbons (Fsp3) is 0.409. The summed E-state index contributed by atoms with van der Waals surface area (Å²) in [4.78, 5) is 25.4. The van der Waals surface area contributed by atoms with Gasteiger partial charge in [0, 0.05) is 30.8 Å². The van der Waals surface area contributed by atoms with Gasteiger partial charge in [-0.2, -0.15) is 0 Å². The number of likely N-dealkylation sites (tertiary alicyclic amines) is 1. The summed E-state index contributed by atoms with van der Waals surface area (Å²) in [6, 6.07) is 12.6. The third-order valence-corrected chi connectivity index (χ3v) is 5.21. The van der Waals surface area contributed by atoms with Crippen LogP contribution >= 0.6 is 0 Å². The smallest absolute Gasteiger partial charge is 0.269 e. The van der Waals surface area contributed by atoms with E-state index in [1.165, 1.54) is 49.4 Å². The van der Waals surface area contributed by atoms with Crippen LogP contribution in [0.25, 0.3) is 0 Å². The number of benzene rings is 2. The Morgan fingerprint density at radius 1 is 1.07 bits per heavy atom. The van der Waals surface area contributed by atoms with Crippen molar-refractivity contribution < 1.29 is 9.72 Å². The van der Waals surface area contributed by atoms with Gasteiger partial charge in [0.05, 0.1) is 4.92 Å². The first kappa shape index (κ1) is 20.0. The second-order valence-electron chi connectivity index (χ2n) is 7.45. The Bertz CT molecular complexity index is 843. The first-order valence-corrected chi connectivity index (χ1v) is 9.86. The van der Waals surface area contributed by atoms with Crippen LogP contribution in [0.1, 0.15) is 52.7 Å². The summed E-state index contributed by atoms with van der Waals surface area (Å²) in [6.07, 6.45) is 5.18. The second-order valence-corrected chi connectivity index (χ2v) is 7.45. The maximum Gasteiger partial charge on any atom is 0.269 e. The molecule has 2 aromatic carbocycles. The van der Waals surface area contributed by atoms with Crippen LogP contribution in [0.4, 0.5) is 5.69 Å². The number of nitrogens with one attached hydrogen (secondary N) is 1. The lowest BCUT2D eigenvalue weighted by atomic mass is 10.1. The summed E-state index contributed by atoms with van der Waals surface area (Å²) in [5.74, 6) is -0.217. The molecule has 0 bridgehead atoms. The first-order valence-electron chi connectivity index (χ1n) is 9.86. The largest absolute Gasteiger partial charge is 0.348 e. The summed E-state index contributed by atoms with van der Waals surface area (Å²) < 4.78 is 0. The standard InChI is InChI=1S/C22H27N3O3/c1-17-13-20(25(27)28)9-10-21(17)22(26)23-15-18-7-6-8-19(14-18)16-24-11-4-2-3-5-12-24/h6-10,13-14H,2-5,11-12,15-16H2,1H3,(H,23,26). The Kier molecular flexibility index (Phi) is 6.76. The summed E-state index contributed by atoms with van der Waals surface area (Å²) in [6.45, 7) is 5.40. The lowest BCUT2D eigenvalue weighted by Gasteiger charge is -2.20. The van der Waals surface area contributed by atoms with E-state index in [4.69, 9.17) is 0 Å². The van der Waals surface area contributed by atoms with Gasteiger partial charge in [0.2, 0.25) is 0 Å². The van der Waals surface area contributed by atoms with Crippen LogP contribution in [0.15, 0.2) is 42.5 Å². The molecule has 3 rings (SSSR count). The third-order valence-electron chi connectivity index (χ3n) is 5.21. The van der Waals surface area contributed by atoms with Crippen molar-refractivity contribution in [1.82, 2.24) is 10.2 Å². The summed E-state index contributed by atoms with van der Waals surface area (Å²) in [5, 5.41) is 13.8. The molecule has 1 N–H and O–H groups in total. The highest BCUT2D eigenvalue weighted by Gasteiger charge is 2.14. The van der Waals surface area contributed by atoms with Crippen LogP contribution in [0.3, 0.4) is 0 Å². The van der Waals surface area contributed by atoms with Crippen molar-refractivity contribution in [2.24, 2.45) is 0 Å². The molecule has 148 valence electrons. The maximum atomic E-state index is 12.5. The van der Waals surface area contributed by atoms with Gasteiger partial charge in [0.25, 0.3) is 11.6 Å². The Morgan fingerprint density at radius 2 is 1.79 bits per heavy atom. The van der Waals surface area contributed by atoms with Crippen LogP contribution in [0, 0.1) is 17.0 Å². The van der Waals surface area contributed by atoms with Crippen LogP contribution in [0.2, 0.25) is 0 Å². The topological polar surface area (TPSA) is 75.5 Å². The van der Waals surface area contributed by atoms with E-state index in [1.54, 1.807) is 6.92 Å². The summed E-state index contributed by atoms with van der Waals surface area (Å²) in [5.41, 5.74) is 3.38. The Morgan fingerprint density at radius 3 is 2.46 bits per heavy atom. The molecular weight excluding hydrogens is 354 g/mol. The number of non-ortho nitro benzene ring substituents is 1. The number of nitro groups is 1. The van der Waals surface area contributed by atoms with Crippen molar-refractivity contribution in [3.63, 3.8) is 0 Å². The van der Waals surface area contributed by atoms with Gasteiger partial charge in [-0.15, -0.1) is 0 Å². The van der Waals surface area contributed by atoms with Crippen LogP contribution < -0.4 is 5.32 Å². The highest BCUT2D eigenvalue weighted by Crippen LogP contribution is 2.18. The predicted molar refractivity (Wildman–Crippen MR) is 109 cm³/mol. The fourth-order valence-corrected chi connectivity index (χ4v) is 3.68. The molecule has 0 radical (unpaired) electrons. The molecule has 28 heavy (non-hydrogen) atoms. The lowest BCUT2D eigenvalue weighted by molar-refractivity contribution is -0.384. The van der Waals surface area contributed by atoms with Gasteiger partial charge >= 0.3 is 0 Å². The van der Waals surface area contributed by atoms with Crippen molar-refractivity contribution in [3.8, 4) is 0 Å². The first-order chi connectivity index (χ1) is 13.5. The molecule has 1 fully saturated rings. The van der Waals surface area contributed by atoms with E-state index >= 15 is 0 Å². The molecule has 0 atom stereocenters. The van der Waals surface area contributed by atoms with Gasteiger partial charge in [-0.05, 0) is 55.6 Å². The molecule has 6 nitrogen and oxygen atoms in total. The Labute approximate surface area is 165 Å². The second kappa shape index (κ2) is 9.46. The molecular formula is C22H27N3O3. The number of rotatable bonds is 6. The van der Waals surface area contributed by atoms with E-state index in [-0.39, 0.29) is 11.6 Å². The highest BCUT2D eigenvalue weighted by atomic mass is 16.6. The molecule has 1 amide bonds. The van der Waals surface area contributed by atoms with Crippen molar-refractivity contribution in [3.05, 3.63) is 74.8 Å². The molecule has 1 heterocycles. The van der Waals surface area contributed by atoms with Gasteiger partial charge in [0.15, 0.2) is 0 Å². The number of nitro benzene ring substituents is 1. The number of hydrogen-bond acceptors (Lipinski definition) is 4. The number of nitrogens with zero attached hydrogens (tertiary/aromatic N) is 2. The molecule has 0 unspecified atom stereocenters. The van der Waals surface area contributed by atoms with Crippen LogP contribution in [-0.2, 0) is 13.1 Å². The van der Waals surface area contributed by atoms with Crippen LogP contribution in [-0.4, -0.2) is 28.8 Å². The van der Waals surface area contributed by atoms with E-state index in [2.05, 4.69) is 22.3 Å². The quantitative estimate of drug-likeness (QED) is 0.601. The Hall–Kier alpha value is -2.73. The molecule has 1 aliphatic heterocycles. The molecule has 6 heteroatoms. The molecule has 0 aliphatic carbocycles. The third kappa shape index (κ3) is 5.39.